The smallest absolute Gasteiger partial charge is 0.226 e. The van der Waals surface area contributed by atoms with Crippen molar-refractivity contribution in [2.24, 2.45) is 0 Å². The molecule has 66 valence electrons. The average Bonchev–Trinajstić information content (AvgIpc) is 2.08. The van der Waals surface area contributed by atoms with Crippen molar-refractivity contribution in [3.05, 3.63) is 27.2 Å². The number of hydrogen-bond donors (Lipinski definition) is 2. The molecule has 0 aliphatic heterocycles. The number of hydrogen-bond acceptors (Lipinski definition) is 3. The molecule has 0 bridgehead atoms. The minimum atomic E-state index is -0.421. The summed E-state index contributed by atoms with van der Waals surface area (Å²) in [5.74, 6) is -0.388. The first-order valence-electron chi connectivity index (χ1n) is 3.57. The van der Waals surface area contributed by atoms with E-state index in [1.807, 2.05) is 0 Å². The lowest BCUT2D eigenvalue weighted by Crippen LogP contribution is -2.16. The first-order valence-corrected chi connectivity index (χ1v) is 3.57. The Kier molecular flexibility index (Phi) is 1.84. The first-order chi connectivity index (χ1) is 5.46. The van der Waals surface area contributed by atoms with E-state index in [1.165, 1.54) is 6.92 Å². The second-order valence-electron chi connectivity index (χ2n) is 2.79. The maximum atomic E-state index is 11.2. The van der Waals surface area contributed by atoms with Gasteiger partial charge in [0.1, 0.15) is 0 Å². The normalized spacial score (nSPS) is 10.2. The lowest BCUT2D eigenvalue weighted by molar-refractivity contribution is 0.166. The third-order valence-electron chi connectivity index (χ3n) is 2.08. The zero-order valence-electron chi connectivity index (χ0n) is 7.25. The highest BCUT2D eigenvalue weighted by Crippen LogP contribution is 2.13. The minimum absolute atomic E-state index is 0.170. The Balaban J connectivity index is 3.73. The molecular weight excluding hydrogens is 158 g/mol. The summed E-state index contributed by atoms with van der Waals surface area (Å²) in [7, 11) is 0. The molecule has 1 rings (SSSR count). The minimum Gasteiger partial charge on any atom is -0.503 e. The number of aromatic nitrogens is 1. The van der Waals surface area contributed by atoms with Crippen LogP contribution < -0.4 is 5.43 Å². The highest BCUT2D eigenvalue weighted by Gasteiger charge is 2.11. The van der Waals surface area contributed by atoms with E-state index >= 15 is 0 Å². The van der Waals surface area contributed by atoms with Crippen molar-refractivity contribution in [3.8, 4) is 5.75 Å². The molecule has 0 atom stereocenters. The molecule has 0 fully saturated rings. The van der Waals surface area contributed by atoms with Crippen LogP contribution in [0.4, 0.5) is 0 Å². The Hall–Kier alpha value is -1.45. The van der Waals surface area contributed by atoms with E-state index in [4.69, 9.17) is 0 Å². The van der Waals surface area contributed by atoms with Crippen LogP contribution in [0.1, 0.15) is 17.0 Å². The molecule has 0 unspecified atom stereocenters. The SMILES string of the molecule is Cc1c(C)n(O)c(C)c(O)c1=O. The number of nitrogens with zero attached hydrogens (tertiary/aromatic N) is 1. The van der Waals surface area contributed by atoms with E-state index in [9.17, 15) is 15.1 Å². The summed E-state index contributed by atoms with van der Waals surface area (Å²) in [5.41, 5.74) is 0.564. The van der Waals surface area contributed by atoms with E-state index in [2.05, 4.69) is 0 Å². The van der Waals surface area contributed by atoms with Crippen LogP contribution in [0.5, 0.6) is 5.75 Å². The van der Waals surface area contributed by atoms with E-state index in [-0.39, 0.29) is 11.4 Å². The second-order valence-corrected chi connectivity index (χ2v) is 2.79. The van der Waals surface area contributed by atoms with Crippen molar-refractivity contribution in [2.75, 3.05) is 0 Å². The third-order valence-corrected chi connectivity index (χ3v) is 2.08. The van der Waals surface area contributed by atoms with Gasteiger partial charge >= 0.3 is 0 Å². The van der Waals surface area contributed by atoms with Crippen LogP contribution >= 0.6 is 0 Å². The number of aromatic hydroxyl groups is 1. The lowest BCUT2D eigenvalue weighted by atomic mass is 10.2. The molecule has 0 aliphatic rings. The Labute approximate surface area is 69.7 Å². The molecule has 0 radical (unpaired) electrons. The monoisotopic (exact) mass is 169 g/mol. The Morgan fingerprint density at radius 1 is 1.17 bits per heavy atom. The molecule has 2 N–H and O–H groups in total. The van der Waals surface area contributed by atoms with Gasteiger partial charge in [-0.3, -0.25) is 4.79 Å². The summed E-state index contributed by atoms with van der Waals surface area (Å²) < 4.78 is 0.812. The predicted octanol–water partition coefficient (Wildman–Crippen LogP) is 0.716. The molecule has 0 aliphatic carbocycles. The topological polar surface area (TPSA) is 62.5 Å². The summed E-state index contributed by atoms with van der Waals surface area (Å²) in [6.07, 6.45) is 0. The van der Waals surface area contributed by atoms with E-state index in [0.717, 1.165) is 4.73 Å². The van der Waals surface area contributed by atoms with Gasteiger partial charge in [0.2, 0.25) is 5.43 Å². The van der Waals surface area contributed by atoms with Gasteiger partial charge in [-0.1, -0.05) is 0 Å². The van der Waals surface area contributed by atoms with Gasteiger partial charge in [-0.25, -0.2) is 0 Å². The Morgan fingerprint density at radius 3 is 2.17 bits per heavy atom. The number of rotatable bonds is 0. The molecule has 0 spiro atoms. The van der Waals surface area contributed by atoms with Crippen molar-refractivity contribution in [1.82, 2.24) is 4.73 Å². The van der Waals surface area contributed by atoms with E-state index < -0.39 is 5.43 Å². The van der Waals surface area contributed by atoms with Gasteiger partial charge in [-0.05, 0) is 20.8 Å². The van der Waals surface area contributed by atoms with Crippen LogP contribution in [0.25, 0.3) is 0 Å². The van der Waals surface area contributed by atoms with Crippen LogP contribution in [-0.2, 0) is 0 Å². The molecule has 4 nitrogen and oxygen atoms in total. The van der Waals surface area contributed by atoms with Crippen molar-refractivity contribution >= 4 is 0 Å². The fourth-order valence-electron chi connectivity index (χ4n) is 1.02. The van der Waals surface area contributed by atoms with Crippen LogP contribution in [0.15, 0.2) is 4.79 Å². The van der Waals surface area contributed by atoms with Gasteiger partial charge in [-0.2, -0.15) is 4.73 Å². The molecule has 0 amide bonds. The van der Waals surface area contributed by atoms with Gasteiger partial charge in [0.15, 0.2) is 5.75 Å². The molecule has 0 saturated carbocycles. The van der Waals surface area contributed by atoms with Gasteiger partial charge in [0.25, 0.3) is 0 Å². The molecule has 1 aromatic rings. The highest BCUT2D eigenvalue weighted by molar-refractivity contribution is 5.33. The van der Waals surface area contributed by atoms with Gasteiger partial charge in [-0.15, -0.1) is 0 Å². The van der Waals surface area contributed by atoms with Crippen LogP contribution in [0.2, 0.25) is 0 Å². The number of pyridine rings is 1. The molecule has 1 aromatic heterocycles. The highest BCUT2D eigenvalue weighted by atomic mass is 16.5. The van der Waals surface area contributed by atoms with E-state index in [0.29, 0.717) is 11.3 Å². The summed E-state index contributed by atoms with van der Waals surface area (Å²) in [4.78, 5) is 11.2. The van der Waals surface area contributed by atoms with Crippen LogP contribution in [0, 0.1) is 20.8 Å². The maximum absolute atomic E-state index is 11.2. The average molecular weight is 169 g/mol. The fourth-order valence-corrected chi connectivity index (χ4v) is 1.02. The standard InChI is InChI=1S/C8H11NO3/c1-4-5(2)9(12)6(3)8(11)7(4)10/h11-12H,1-3H3. The molecule has 4 heteroatoms. The van der Waals surface area contributed by atoms with E-state index in [1.54, 1.807) is 13.8 Å². The third kappa shape index (κ3) is 0.958. The molecule has 1 heterocycles. The summed E-state index contributed by atoms with van der Waals surface area (Å²) in [5, 5.41) is 18.5. The predicted molar refractivity (Wildman–Crippen MR) is 43.8 cm³/mol. The van der Waals surface area contributed by atoms with Gasteiger partial charge < -0.3 is 10.3 Å². The molecular formula is C8H11NO3. The zero-order chi connectivity index (χ0) is 9.46. The lowest BCUT2D eigenvalue weighted by Gasteiger charge is -2.09. The van der Waals surface area contributed by atoms with Gasteiger partial charge in [0.05, 0.1) is 11.4 Å². The fraction of sp³-hybridized carbons (Fsp3) is 0.375. The molecule has 12 heavy (non-hydrogen) atoms. The Bertz CT molecular complexity index is 347. The van der Waals surface area contributed by atoms with Gasteiger partial charge in [0, 0.05) is 5.56 Å². The summed E-state index contributed by atoms with van der Waals surface area (Å²) in [6.45, 7) is 4.65. The van der Waals surface area contributed by atoms with Crippen LogP contribution in [0.3, 0.4) is 0 Å². The van der Waals surface area contributed by atoms with Crippen molar-refractivity contribution in [3.63, 3.8) is 0 Å². The zero-order valence-corrected chi connectivity index (χ0v) is 7.25. The largest absolute Gasteiger partial charge is 0.503 e. The molecule has 0 aromatic carbocycles. The Morgan fingerprint density at radius 2 is 1.67 bits per heavy atom. The summed E-state index contributed by atoms with van der Waals surface area (Å²) in [6, 6.07) is 0. The van der Waals surface area contributed by atoms with Crippen molar-refractivity contribution in [1.29, 1.82) is 0 Å². The summed E-state index contributed by atoms with van der Waals surface area (Å²) >= 11 is 0. The maximum Gasteiger partial charge on any atom is 0.226 e. The van der Waals surface area contributed by atoms with Crippen LogP contribution in [-0.4, -0.2) is 15.0 Å². The van der Waals surface area contributed by atoms with Crippen molar-refractivity contribution in [2.45, 2.75) is 20.8 Å². The quantitative estimate of drug-likeness (QED) is 0.562. The first kappa shape index (κ1) is 8.64. The van der Waals surface area contributed by atoms with Crippen molar-refractivity contribution < 1.29 is 10.3 Å². The molecule has 0 saturated heterocycles. The second kappa shape index (κ2) is 2.55.